The lowest BCUT2D eigenvalue weighted by Crippen LogP contribution is -2.41. The second kappa shape index (κ2) is 10.7. The summed E-state index contributed by atoms with van der Waals surface area (Å²) in [6, 6.07) is 5.78. The Bertz CT molecular complexity index is 836. The molecule has 0 aliphatic rings. The summed E-state index contributed by atoms with van der Waals surface area (Å²) in [7, 11) is -1.79. The Labute approximate surface area is 190 Å². The summed E-state index contributed by atoms with van der Waals surface area (Å²) in [5.41, 5.74) is 1.72. The molecule has 0 N–H and O–H groups in total. The van der Waals surface area contributed by atoms with Crippen LogP contribution in [0.25, 0.3) is 0 Å². The number of aryl methyl sites for hydroxylation is 1. The summed E-state index contributed by atoms with van der Waals surface area (Å²) in [4.78, 5) is 10.8. The molecule has 178 valence electrons. The molecule has 0 unspecified atom stereocenters. The van der Waals surface area contributed by atoms with E-state index in [4.69, 9.17) is 4.43 Å². The van der Waals surface area contributed by atoms with E-state index in [0.717, 1.165) is 24.8 Å². The Morgan fingerprint density at radius 3 is 2.06 bits per heavy atom. The number of rotatable bonds is 10. The van der Waals surface area contributed by atoms with Crippen molar-refractivity contribution in [1.82, 2.24) is 9.97 Å². The highest BCUT2D eigenvalue weighted by Crippen LogP contribution is 2.36. The number of hydrogen-bond donors (Lipinski definition) is 0. The molecule has 0 saturated carbocycles. The van der Waals surface area contributed by atoms with Crippen LogP contribution in [0.4, 0.5) is 24.8 Å². The molecular weight excluding hydrogens is 435 g/mol. The predicted octanol–water partition coefficient (Wildman–Crippen LogP) is 6.88. The molecule has 32 heavy (non-hydrogen) atoms. The Kier molecular flexibility index (Phi) is 8.70. The van der Waals surface area contributed by atoms with Crippen LogP contribution in [0, 0.1) is 0 Å². The van der Waals surface area contributed by atoms with Crippen LogP contribution in [-0.2, 0) is 10.8 Å². The van der Waals surface area contributed by atoms with Crippen LogP contribution in [0.1, 0.15) is 46.1 Å². The van der Waals surface area contributed by atoms with E-state index < -0.39 is 14.7 Å². The van der Waals surface area contributed by atoms with Crippen molar-refractivity contribution >= 4 is 20.0 Å². The van der Waals surface area contributed by atoms with Crippen molar-refractivity contribution in [2.45, 2.75) is 71.5 Å². The van der Waals surface area contributed by atoms with Crippen molar-refractivity contribution in [3.05, 3.63) is 42.2 Å². The van der Waals surface area contributed by atoms with Crippen molar-refractivity contribution in [1.29, 1.82) is 0 Å². The summed E-state index contributed by atoms with van der Waals surface area (Å²) in [5.74, 6) is 0.253. The number of nitrogens with zero attached hydrogens (tertiary/aromatic N) is 3. The first-order valence-electron chi connectivity index (χ1n) is 10.9. The molecule has 1 aromatic carbocycles. The molecule has 0 aliphatic carbocycles. The maximum Gasteiger partial charge on any atom is 0.573 e. The van der Waals surface area contributed by atoms with Gasteiger partial charge in [0.1, 0.15) is 5.75 Å². The van der Waals surface area contributed by atoms with Gasteiger partial charge in [-0.25, -0.2) is 9.97 Å². The zero-order valence-corrected chi connectivity index (χ0v) is 20.8. The third-order valence-corrected chi connectivity index (χ3v) is 10.3. The molecule has 0 saturated heterocycles. The first-order chi connectivity index (χ1) is 14.8. The van der Waals surface area contributed by atoms with E-state index in [-0.39, 0.29) is 10.8 Å². The molecule has 0 amide bonds. The molecule has 0 aliphatic heterocycles. The molecular formula is C23H34F3N3O2Si. The van der Waals surface area contributed by atoms with Gasteiger partial charge < -0.3 is 14.1 Å². The lowest BCUT2D eigenvalue weighted by Gasteiger charge is -2.36. The minimum Gasteiger partial charge on any atom is -0.417 e. The van der Waals surface area contributed by atoms with Crippen molar-refractivity contribution < 1.29 is 22.3 Å². The maximum absolute atomic E-state index is 12.5. The Hall–Kier alpha value is -2.13. The van der Waals surface area contributed by atoms with Crippen LogP contribution in [-0.4, -0.2) is 37.8 Å². The van der Waals surface area contributed by atoms with Crippen molar-refractivity contribution in [2.24, 2.45) is 0 Å². The molecule has 2 rings (SSSR count). The van der Waals surface area contributed by atoms with Crippen molar-refractivity contribution in [3.8, 4) is 5.75 Å². The molecule has 9 heteroatoms. The lowest BCUT2D eigenvalue weighted by atomic mass is 10.2. The van der Waals surface area contributed by atoms with E-state index in [0.29, 0.717) is 24.8 Å². The first kappa shape index (κ1) is 26.1. The van der Waals surface area contributed by atoms with Crippen LogP contribution < -0.4 is 9.64 Å². The minimum absolute atomic E-state index is 0.161. The van der Waals surface area contributed by atoms with Gasteiger partial charge in [-0.05, 0) is 67.2 Å². The van der Waals surface area contributed by atoms with Gasteiger partial charge in [0.15, 0.2) is 8.32 Å². The van der Waals surface area contributed by atoms with Crippen molar-refractivity contribution in [2.75, 3.05) is 18.1 Å². The fourth-order valence-electron chi connectivity index (χ4n) is 2.76. The number of benzene rings is 1. The number of hydrogen-bond acceptors (Lipinski definition) is 5. The highest BCUT2D eigenvalue weighted by Gasteiger charge is 2.36. The number of ether oxygens (including phenoxy) is 1. The summed E-state index contributed by atoms with van der Waals surface area (Å²) < 4.78 is 47.6. The predicted molar refractivity (Wildman–Crippen MR) is 124 cm³/mol. The molecule has 0 fully saturated rings. The summed E-state index contributed by atoms with van der Waals surface area (Å²) in [5, 5.41) is 0.161. The molecule has 1 heterocycles. The quantitative estimate of drug-likeness (QED) is 0.280. The SMILES string of the molecule is CCc1cnc(N(CCCCO[Si](C)(C)C(C)(C)C)c2ccc(OC(F)(F)F)cc2)nc1. The Balaban J connectivity index is 2.08. The lowest BCUT2D eigenvalue weighted by molar-refractivity contribution is -0.274. The first-order valence-corrected chi connectivity index (χ1v) is 13.8. The number of halogens is 3. The third kappa shape index (κ3) is 7.77. The molecule has 0 spiro atoms. The van der Waals surface area contributed by atoms with Gasteiger partial charge in [-0.2, -0.15) is 0 Å². The maximum atomic E-state index is 12.5. The number of alkyl halides is 3. The number of aromatic nitrogens is 2. The number of unbranched alkanes of at least 4 members (excludes halogenated alkanes) is 1. The van der Waals surface area contributed by atoms with Gasteiger partial charge >= 0.3 is 6.36 Å². The zero-order valence-electron chi connectivity index (χ0n) is 19.8. The fraction of sp³-hybridized carbons (Fsp3) is 0.565. The normalized spacial score (nSPS) is 12.7. The molecule has 1 aromatic heterocycles. The van der Waals surface area contributed by atoms with Gasteiger partial charge in [0.2, 0.25) is 5.95 Å². The molecule has 0 atom stereocenters. The van der Waals surface area contributed by atoms with Crippen molar-refractivity contribution in [3.63, 3.8) is 0 Å². The monoisotopic (exact) mass is 469 g/mol. The third-order valence-electron chi connectivity index (χ3n) is 5.77. The van der Waals surface area contributed by atoms with Gasteiger partial charge in [-0.15, -0.1) is 13.2 Å². The van der Waals surface area contributed by atoms with Crippen LogP contribution in [0.5, 0.6) is 5.75 Å². The highest BCUT2D eigenvalue weighted by molar-refractivity contribution is 6.74. The van der Waals surface area contributed by atoms with E-state index in [1.54, 1.807) is 24.5 Å². The van der Waals surface area contributed by atoms with Gasteiger partial charge in [0, 0.05) is 31.2 Å². The average Bonchev–Trinajstić information content (AvgIpc) is 2.70. The summed E-state index contributed by atoms with van der Waals surface area (Å²) in [6.07, 6.45) is 1.35. The van der Waals surface area contributed by atoms with Crippen LogP contribution >= 0.6 is 0 Å². The second-order valence-corrected chi connectivity index (χ2v) is 14.1. The smallest absolute Gasteiger partial charge is 0.417 e. The zero-order chi connectivity index (χ0) is 24.0. The Morgan fingerprint density at radius 1 is 0.969 bits per heavy atom. The Morgan fingerprint density at radius 2 is 1.56 bits per heavy atom. The van der Waals surface area contributed by atoms with E-state index in [2.05, 4.69) is 48.6 Å². The van der Waals surface area contributed by atoms with E-state index >= 15 is 0 Å². The van der Waals surface area contributed by atoms with E-state index in [1.807, 2.05) is 11.8 Å². The molecule has 0 bridgehead atoms. The minimum atomic E-state index is -4.72. The molecule has 2 aromatic rings. The highest BCUT2D eigenvalue weighted by atomic mass is 28.4. The van der Waals surface area contributed by atoms with Gasteiger partial charge in [0.05, 0.1) is 0 Å². The fourth-order valence-corrected chi connectivity index (χ4v) is 3.85. The van der Waals surface area contributed by atoms with Crippen LogP contribution in [0.15, 0.2) is 36.7 Å². The number of anilines is 2. The molecule has 0 radical (unpaired) electrons. The van der Waals surface area contributed by atoms with Crippen LogP contribution in [0.3, 0.4) is 0 Å². The van der Waals surface area contributed by atoms with Gasteiger partial charge in [-0.3, -0.25) is 0 Å². The standard InChI is InChI=1S/C23H34F3N3O2Si/c1-7-18-16-27-21(28-17-18)29(14-8-9-15-30-32(5,6)22(2,3)4)19-10-12-20(13-11-19)31-23(24,25)26/h10-13,16-17H,7-9,14-15H2,1-6H3. The second-order valence-electron chi connectivity index (χ2n) is 9.25. The topological polar surface area (TPSA) is 47.5 Å². The average molecular weight is 470 g/mol. The van der Waals surface area contributed by atoms with Gasteiger partial charge in [0.25, 0.3) is 0 Å². The van der Waals surface area contributed by atoms with E-state index in [9.17, 15) is 13.2 Å². The van der Waals surface area contributed by atoms with Gasteiger partial charge in [-0.1, -0.05) is 27.7 Å². The summed E-state index contributed by atoms with van der Waals surface area (Å²) >= 11 is 0. The summed E-state index contributed by atoms with van der Waals surface area (Å²) in [6.45, 7) is 14.4. The molecule has 5 nitrogen and oxygen atoms in total. The van der Waals surface area contributed by atoms with Crippen LogP contribution in [0.2, 0.25) is 18.1 Å². The van der Waals surface area contributed by atoms with E-state index in [1.165, 1.54) is 12.1 Å². The largest absolute Gasteiger partial charge is 0.573 e.